The summed E-state index contributed by atoms with van der Waals surface area (Å²) >= 11 is 20.4. The molecule has 0 unspecified atom stereocenters. The van der Waals surface area contributed by atoms with Crippen molar-refractivity contribution in [3.05, 3.63) is 46.4 Å². The summed E-state index contributed by atoms with van der Waals surface area (Å²) in [7, 11) is 0. The van der Waals surface area contributed by atoms with Gasteiger partial charge in [0.25, 0.3) is 0 Å². The van der Waals surface area contributed by atoms with Gasteiger partial charge in [-0.2, -0.15) is 49.8 Å². The van der Waals surface area contributed by atoms with Crippen LogP contribution < -0.4 is 32.7 Å². The Balaban J connectivity index is 1.09. The molecule has 0 saturated carbocycles. The Bertz CT molecular complexity index is 1800. The summed E-state index contributed by atoms with van der Waals surface area (Å²) in [5.74, 6) is 2.49. The summed E-state index contributed by atoms with van der Waals surface area (Å²) in [4.78, 5) is 49.0. The van der Waals surface area contributed by atoms with Crippen molar-refractivity contribution >= 4 is 105 Å². The predicted octanol–water partition coefficient (Wildman–Crippen LogP) is 3.45. The van der Waals surface area contributed by atoms with Crippen LogP contribution >= 0.6 is 58.3 Å². The van der Waals surface area contributed by atoms with E-state index in [1.165, 1.54) is 29.9 Å². The predicted molar refractivity (Wildman–Crippen MR) is 175 cm³/mol. The van der Waals surface area contributed by atoms with Gasteiger partial charge in [-0.1, -0.05) is 23.5 Å². The number of halogens is 3. The maximum atomic E-state index is 7.15. The number of rotatable bonds is 16. The highest BCUT2D eigenvalue weighted by molar-refractivity contribution is 7.99. The van der Waals surface area contributed by atoms with Crippen LogP contribution in [0, 0.1) is 0 Å². The van der Waals surface area contributed by atoms with Gasteiger partial charge in [-0.05, 0) is 59.1 Å². The van der Waals surface area contributed by atoms with Crippen LogP contribution in [0.15, 0.2) is 40.9 Å². The second kappa shape index (κ2) is 15.6. The molecule has 0 aliphatic rings. The van der Waals surface area contributed by atoms with Gasteiger partial charge >= 0.3 is 0 Å². The van der Waals surface area contributed by atoms with Crippen molar-refractivity contribution in [1.82, 2.24) is 59.8 Å². The number of anilines is 8. The summed E-state index contributed by atoms with van der Waals surface area (Å²) in [6, 6.07) is 7.28. The van der Waals surface area contributed by atoms with Gasteiger partial charge in [0.1, 0.15) is 6.33 Å². The van der Waals surface area contributed by atoms with Gasteiger partial charge in [0, 0.05) is 36.0 Å². The molecule has 4 aromatic heterocycles. The average Bonchev–Trinajstić information content (AvgIpc) is 3.05. The summed E-state index contributed by atoms with van der Waals surface area (Å²) in [6.45, 7) is 0.952. The number of thioether (sulfide) groups is 2. The Morgan fingerprint density at radius 2 is 1.07 bits per heavy atom. The van der Waals surface area contributed by atoms with E-state index in [9.17, 15) is 0 Å². The van der Waals surface area contributed by atoms with Crippen molar-refractivity contribution in [1.29, 1.82) is 0 Å². The fourth-order valence-electron chi connectivity index (χ4n) is 3.23. The third-order valence-electron chi connectivity index (χ3n) is 4.99. The molecule has 45 heavy (non-hydrogen) atoms. The topological polar surface area (TPSA) is 255 Å². The number of nitrogens with one attached hydrogen (secondary N) is 4. The monoisotopic (exact) mass is 708 g/mol. The van der Waals surface area contributed by atoms with E-state index >= 15 is 0 Å². The summed E-state index contributed by atoms with van der Waals surface area (Å²) < 4.78 is 14.3. The van der Waals surface area contributed by atoms with E-state index in [1.54, 1.807) is 0 Å². The Labute approximate surface area is 281 Å². The molecule has 0 aliphatic carbocycles. The lowest BCUT2D eigenvalue weighted by Gasteiger charge is -2.10. The van der Waals surface area contributed by atoms with Crippen molar-refractivity contribution in [3.8, 4) is 0 Å². The quantitative estimate of drug-likeness (QED) is 0.0633. The van der Waals surface area contributed by atoms with Crippen LogP contribution in [0.3, 0.4) is 0 Å². The zero-order valence-electron chi connectivity index (χ0n) is 24.5. The van der Waals surface area contributed by atoms with Gasteiger partial charge < -0.3 is 32.7 Å². The molecule has 4 heterocycles. The molecule has 5 rings (SSSR count). The number of hydrogen-bond donors (Lipinski definition) is 6. The first kappa shape index (κ1) is 29.3. The zero-order chi connectivity index (χ0) is 33.0. The van der Waals surface area contributed by atoms with Crippen LogP contribution in [0.5, 0.6) is 0 Å². The molecular formula is C22H21Cl3N18S2. The van der Waals surface area contributed by atoms with Crippen LogP contribution in [0.4, 0.5) is 47.1 Å². The minimum Gasteiger partial charge on any atom is -0.368 e. The highest BCUT2D eigenvalue weighted by Gasteiger charge is 2.09. The van der Waals surface area contributed by atoms with Gasteiger partial charge in [0.15, 0.2) is 13.1 Å². The molecule has 18 nitrogen and oxygen atoms in total. The molecule has 5 aromatic rings. The third kappa shape index (κ3) is 10.4. The molecule has 8 N–H and O–H groups in total. The molecule has 1 aromatic carbocycles. The number of aromatic nitrogens is 12. The molecular weight excluding hydrogens is 687 g/mol. The van der Waals surface area contributed by atoms with Gasteiger partial charge in [0.2, 0.25) is 51.5 Å². The minimum absolute atomic E-state index is 0.00505. The Morgan fingerprint density at radius 1 is 0.578 bits per heavy atom. The molecule has 0 bridgehead atoms. The standard InChI is InChI=1S/C22H21Cl3N18S2/c23-12-34-15(26)40-21(38-12)44-7-5-28-17-30-9-31-19(42-17)32-10-1-3-11(4-2-10)33-20-37-14(25)36-18(43-20)29-6-8-45-22-39-13(24)35-16(27)41-22/h1-4,9H,5-8H2,(H2,26,34,38,40)(H2,27,35,39,41)(H2,28,30,31,32,42)(H2,29,33,36,37,43)/i/hD2. The highest BCUT2D eigenvalue weighted by atomic mass is 35.5. The van der Waals surface area contributed by atoms with Crippen LogP contribution in [0.25, 0.3) is 0 Å². The first-order valence-electron chi connectivity index (χ1n) is 13.5. The van der Waals surface area contributed by atoms with Crippen LogP contribution in [-0.4, -0.2) is 84.4 Å². The SMILES string of the molecule is [2H]Nc1nc(Cl)nc(SCCNc2ncnc(Nc3ccc(Nc4nc(Cl)nc(NCCSc5nc(Cl)nc(N[2H])n5)n4)cc3)n2)n1. The molecule has 0 aliphatic heterocycles. The van der Waals surface area contributed by atoms with Crippen molar-refractivity contribution < 1.29 is 2.82 Å². The van der Waals surface area contributed by atoms with Gasteiger partial charge in [-0.25, -0.2) is 9.97 Å². The summed E-state index contributed by atoms with van der Waals surface area (Å²) in [5, 5.41) is 13.2. The Morgan fingerprint density at radius 3 is 1.67 bits per heavy atom. The van der Waals surface area contributed by atoms with E-state index in [-0.39, 0.29) is 39.6 Å². The number of nitrogens with zero attached hydrogens (tertiary/aromatic N) is 12. The van der Waals surface area contributed by atoms with Gasteiger partial charge in [0.05, 0.1) is 0 Å². The van der Waals surface area contributed by atoms with E-state index in [2.05, 4.69) is 92.5 Å². The van der Waals surface area contributed by atoms with Crippen molar-refractivity contribution in [3.63, 3.8) is 0 Å². The molecule has 0 fully saturated rings. The van der Waals surface area contributed by atoms with E-state index in [0.29, 0.717) is 52.5 Å². The molecule has 0 amide bonds. The maximum absolute atomic E-state index is 7.15. The normalized spacial score (nSPS) is 11.3. The number of nitrogens with two attached hydrogens (primary N) is 2. The molecule has 23 heteroatoms. The van der Waals surface area contributed by atoms with Crippen LogP contribution in [-0.2, 0) is 0 Å². The second-order valence-corrected chi connectivity index (χ2v) is 11.3. The van der Waals surface area contributed by atoms with E-state index in [1.807, 2.05) is 24.3 Å². The molecule has 0 spiro atoms. The number of benzene rings is 1. The summed E-state index contributed by atoms with van der Waals surface area (Å²) in [5.41, 5.74) is 5.61. The number of nitrogen functional groups attached to an aromatic ring is 2. The lowest BCUT2D eigenvalue weighted by molar-refractivity contribution is 0.915. The van der Waals surface area contributed by atoms with E-state index in [0.717, 1.165) is 5.69 Å². The Kier molecular flexibility index (Phi) is 10.2. The molecule has 0 atom stereocenters. The fourth-order valence-corrected chi connectivity index (χ4v) is 5.18. The summed E-state index contributed by atoms with van der Waals surface area (Å²) in [6.07, 6.45) is 1.39. The second-order valence-electron chi connectivity index (χ2n) is 8.18. The lowest BCUT2D eigenvalue weighted by Crippen LogP contribution is -2.10. The molecule has 0 saturated heterocycles. The lowest BCUT2D eigenvalue weighted by atomic mass is 10.3. The van der Waals surface area contributed by atoms with E-state index < -0.39 is 0 Å². The molecule has 232 valence electrons. The van der Waals surface area contributed by atoms with Crippen LogP contribution in [0.2, 0.25) is 18.7 Å². The number of hydrogen-bond acceptors (Lipinski definition) is 20. The first-order valence-corrected chi connectivity index (χ1v) is 15.6. The largest absolute Gasteiger partial charge is 0.368 e. The van der Waals surface area contributed by atoms with Crippen molar-refractivity contribution in [2.24, 2.45) is 0 Å². The zero-order valence-corrected chi connectivity index (χ0v) is 26.4. The average molecular weight is 710 g/mol. The minimum atomic E-state index is -0.00663. The van der Waals surface area contributed by atoms with Crippen LogP contribution in [0.1, 0.15) is 0 Å². The van der Waals surface area contributed by atoms with Crippen molar-refractivity contribution in [2.45, 2.75) is 10.3 Å². The fraction of sp³-hybridized carbons (Fsp3) is 0.182. The molecule has 0 radical (unpaired) electrons. The van der Waals surface area contributed by atoms with Gasteiger partial charge in [-0.15, -0.1) is 0 Å². The first-order chi connectivity index (χ1) is 22.8. The van der Waals surface area contributed by atoms with Gasteiger partial charge in [-0.3, -0.25) is 0 Å². The smallest absolute Gasteiger partial charge is 0.233 e. The van der Waals surface area contributed by atoms with Crippen molar-refractivity contribution in [2.75, 3.05) is 57.3 Å². The highest BCUT2D eigenvalue weighted by Crippen LogP contribution is 2.21. The van der Waals surface area contributed by atoms with E-state index in [4.69, 9.17) is 37.6 Å². The third-order valence-corrected chi connectivity index (χ3v) is 7.19. The Hall–Kier alpha value is -4.37. The maximum Gasteiger partial charge on any atom is 0.233 e.